The molecule has 0 spiro atoms. The minimum absolute atomic E-state index is 0.0255. The molecule has 1 atom stereocenters. The molecular weight excluding hydrogens is 366 g/mol. The second-order valence-corrected chi connectivity index (χ2v) is 8.31. The molecule has 1 aliphatic heterocycles. The van der Waals surface area contributed by atoms with E-state index in [1.807, 2.05) is 13.0 Å². The Hall–Kier alpha value is -2.13. The highest BCUT2D eigenvalue weighted by Crippen LogP contribution is 2.36. The molecule has 27 heavy (non-hydrogen) atoms. The van der Waals surface area contributed by atoms with Crippen LogP contribution in [0.3, 0.4) is 0 Å². The number of hydrogen-bond donors (Lipinski definition) is 0. The highest BCUT2D eigenvalue weighted by molar-refractivity contribution is 7.99. The summed E-state index contributed by atoms with van der Waals surface area (Å²) in [5.41, 5.74) is 1.01. The molecule has 1 aromatic carbocycles. The first-order valence-corrected chi connectivity index (χ1v) is 10.0. The van der Waals surface area contributed by atoms with Crippen molar-refractivity contribution >= 4 is 23.4 Å². The van der Waals surface area contributed by atoms with Crippen LogP contribution in [0.1, 0.15) is 31.6 Å². The minimum Gasteiger partial charge on any atom is -0.378 e. The van der Waals surface area contributed by atoms with Crippen molar-refractivity contribution in [2.24, 2.45) is 5.92 Å². The number of anilines is 1. The van der Waals surface area contributed by atoms with Crippen LogP contribution in [0.25, 0.3) is 0 Å². The molecular formula is C18H25N5O3S. The maximum atomic E-state index is 11.0. The molecule has 3 rings (SSSR count). The van der Waals surface area contributed by atoms with Crippen LogP contribution in [0.4, 0.5) is 11.6 Å². The van der Waals surface area contributed by atoms with E-state index in [9.17, 15) is 10.1 Å². The van der Waals surface area contributed by atoms with Crippen LogP contribution in [-0.2, 0) is 11.3 Å². The van der Waals surface area contributed by atoms with Crippen molar-refractivity contribution in [2.45, 2.75) is 37.7 Å². The van der Waals surface area contributed by atoms with Crippen LogP contribution < -0.4 is 4.90 Å². The van der Waals surface area contributed by atoms with Gasteiger partial charge in [-0.2, -0.15) is 0 Å². The zero-order valence-electron chi connectivity index (χ0n) is 15.9. The molecule has 0 aliphatic carbocycles. The van der Waals surface area contributed by atoms with E-state index in [-0.39, 0.29) is 15.9 Å². The SMILES string of the molecule is CC(C)Cn1c(S[C@@H](C)c2cccc([N+](=O)[O-])c2)nnc1N1CCOCC1. The summed E-state index contributed by atoms with van der Waals surface area (Å²) in [6.45, 7) is 10.2. The summed E-state index contributed by atoms with van der Waals surface area (Å²) in [5.74, 6) is 1.33. The largest absolute Gasteiger partial charge is 0.378 e. The number of aromatic nitrogens is 3. The number of benzene rings is 1. The summed E-state index contributed by atoms with van der Waals surface area (Å²) in [4.78, 5) is 12.9. The predicted octanol–water partition coefficient (Wildman–Crippen LogP) is 3.53. The monoisotopic (exact) mass is 391 g/mol. The fourth-order valence-electron chi connectivity index (χ4n) is 3.01. The molecule has 146 valence electrons. The lowest BCUT2D eigenvalue weighted by atomic mass is 10.1. The summed E-state index contributed by atoms with van der Waals surface area (Å²) >= 11 is 1.58. The van der Waals surface area contributed by atoms with Crippen LogP contribution in [0.5, 0.6) is 0 Å². The summed E-state index contributed by atoms with van der Waals surface area (Å²) in [6, 6.07) is 6.78. The average Bonchev–Trinajstić information content (AvgIpc) is 3.04. The van der Waals surface area contributed by atoms with Gasteiger partial charge in [0, 0.05) is 37.0 Å². The van der Waals surface area contributed by atoms with Gasteiger partial charge in [0.05, 0.1) is 18.1 Å². The van der Waals surface area contributed by atoms with E-state index in [0.717, 1.165) is 36.3 Å². The molecule has 9 heteroatoms. The molecule has 2 heterocycles. The smallest absolute Gasteiger partial charge is 0.269 e. The van der Waals surface area contributed by atoms with E-state index < -0.39 is 0 Å². The fourth-order valence-corrected chi connectivity index (χ4v) is 3.98. The van der Waals surface area contributed by atoms with E-state index in [1.165, 1.54) is 6.07 Å². The molecule has 1 aromatic heterocycles. The van der Waals surface area contributed by atoms with Crippen molar-refractivity contribution in [2.75, 3.05) is 31.2 Å². The standard InChI is InChI=1S/C18H25N5O3S/c1-13(2)12-22-17(21-7-9-26-10-8-21)19-20-18(22)27-14(3)15-5-4-6-16(11-15)23(24)25/h4-6,11,13-14H,7-10,12H2,1-3H3/t14-/m0/s1. The molecule has 0 amide bonds. The number of thioether (sulfide) groups is 1. The Morgan fingerprint density at radius 2 is 2.00 bits per heavy atom. The summed E-state index contributed by atoms with van der Waals surface area (Å²) in [5, 5.41) is 20.8. The number of non-ortho nitro benzene ring substituents is 1. The third-order valence-electron chi connectivity index (χ3n) is 4.37. The summed E-state index contributed by atoms with van der Waals surface area (Å²) in [6.07, 6.45) is 0. The number of rotatable bonds is 7. The molecule has 0 unspecified atom stereocenters. The maximum absolute atomic E-state index is 11.0. The second-order valence-electron chi connectivity index (χ2n) is 7.00. The van der Waals surface area contributed by atoms with Crippen molar-refractivity contribution in [3.63, 3.8) is 0 Å². The average molecular weight is 391 g/mol. The van der Waals surface area contributed by atoms with Crippen molar-refractivity contribution in [3.05, 3.63) is 39.9 Å². The molecule has 0 N–H and O–H groups in total. The van der Waals surface area contributed by atoms with Gasteiger partial charge >= 0.3 is 0 Å². The number of nitrogens with zero attached hydrogens (tertiary/aromatic N) is 5. The zero-order chi connectivity index (χ0) is 19.4. The Labute approximate surface area is 163 Å². The van der Waals surface area contributed by atoms with Crippen LogP contribution in [0.2, 0.25) is 0 Å². The molecule has 1 saturated heterocycles. The Balaban J connectivity index is 1.84. The third-order valence-corrected chi connectivity index (χ3v) is 5.51. The van der Waals surface area contributed by atoms with E-state index in [0.29, 0.717) is 19.1 Å². The van der Waals surface area contributed by atoms with Crippen LogP contribution in [-0.4, -0.2) is 46.0 Å². The van der Waals surface area contributed by atoms with Gasteiger partial charge in [-0.25, -0.2) is 0 Å². The van der Waals surface area contributed by atoms with Gasteiger partial charge in [-0.05, 0) is 18.4 Å². The Bertz CT molecular complexity index is 789. The van der Waals surface area contributed by atoms with Crippen molar-refractivity contribution in [3.8, 4) is 0 Å². The summed E-state index contributed by atoms with van der Waals surface area (Å²) in [7, 11) is 0. The van der Waals surface area contributed by atoms with E-state index in [1.54, 1.807) is 23.9 Å². The maximum Gasteiger partial charge on any atom is 0.269 e. The van der Waals surface area contributed by atoms with Gasteiger partial charge in [-0.3, -0.25) is 14.7 Å². The highest BCUT2D eigenvalue weighted by atomic mass is 32.2. The number of nitro groups is 1. The molecule has 1 fully saturated rings. The zero-order valence-corrected chi connectivity index (χ0v) is 16.7. The first-order valence-electron chi connectivity index (χ1n) is 9.12. The van der Waals surface area contributed by atoms with E-state index in [4.69, 9.17) is 4.74 Å². The van der Waals surface area contributed by atoms with Gasteiger partial charge in [0.15, 0.2) is 5.16 Å². The van der Waals surface area contributed by atoms with Crippen LogP contribution in [0, 0.1) is 16.0 Å². The lowest BCUT2D eigenvalue weighted by molar-refractivity contribution is -0.384. The second kappa shape index (κ2) is 8.71. The molecule has 0 bridgehead atoms. The van der Waals surface area contributed by atoms with Crippen molar-refractivity contribution in [1.82, 2.24) is 14.8 Å². The Morgan fingerprint density at radius 1 is 1.26 bits per heavy atom. The topological polar surface area (TPSA) is 86.3 Å². The van der Waals surface area contributed by atoms with Crippen molar-refractivity contribution < 1.29 is 9.66 Å². The summed E-state index contributed by atoms with van der Waals surface area (Å²) < 4.78 is 7.60. The first-order chi connectivity index (χ1) is 13.0. The molecule has 1 aliphatic rings. The van der Waals surface area contributed by atoms with Crippen LogP contribution >= 0.6 is 11.8 Å². The van der Waals surface area contributed by atoms with Crippen molar-refractivity contribution in [1.29, 1.82) is 0 Å². The lowest BCUT2D eigenvalue weighted by Crippen LogP contribution is -2.38. The number of hydrogen-bond acceptors (Lipinski definition) is 7. The van der Waals surface area contributed by atoms with Gasteiger partial charge < -0.3 is 9.64 Å². The third kappa shape index (κ3) is 4.78. The number of nitro benzene ring substituents is 1. The molecule has 0 radical (unpaired) electrons. The number of morpholine rings is 1. The minimum atomic E-state index is -0.362. The normalized spacial score (nSPS) is 15.9. The lowest BCUT2D eigenvalue weighted by Gasteiger charge is -2.28. The fraction of sp³-hybridized carbons (Fsp3) is 0.556. The quantitative estimate of drug-likeness (QED) is 0.405. The van der Waals surface area contributed by atoms with E-state index in [2.05, 4.69) is 33.5 Å². The Kier molecular flexibility index (Phi) is 6.33. The van der Waals surface area contributed by atoms with Gasteiger partial charge in [-0.1, -0.05) is 37.7 Å². The van der Waals surface area contributed by atoms with Gasteiger partial charge in [-0.15, -0.1) is 10.2 Å². The van der Waals surface area contributed by atoms with E-state index >= 15 is 0 Å². The predicted molar refractivity (Wildman–Crippen MR) is 105 cm³/mol. The molecule has 0 saturated carbocycles. The molecule has 8 nitrogen and oxygen atoms in total. The Morgan fingerprint density at radius 3 is 2.67 bits per heavy atom. The molecule has 2 aromatic rings. The number of ether oxygens (including phenoxy) is 1. The van der Waals surface area contributed by atoms with Gasteiger partial charge in [0.2, 0.25) is 5.95 Å². The highest BCUT2D eigenvalue weighted by Gasteiger charge is 2.23. The van der Waals surface area contributed by atoms with Gasteiger partial charge in [0.25, 0.3) is 5.69 Å². The van der Waals surface area contributed by atoms with Crippen LogP contribution in [0.15, 0.2) is 29.4 Å². The first kappa shape index (κ1) is 19.6. The van der Waals surface area contributed by atoms with Gasteiger partial charge in [0.1, 0.15) is 0 Å².